The molecule has 2 aliphatic heterocycles. The number of hydrogen-bond donors (Lipinski definition) is 0. The topological polar surface area (TPSA) is 77.7 Å². The van der Waals surface area contributed by atoms with Crippen molar-refractivity contribution in [3.8, 4) is 5.88 Å². The Bertz CT molecular complexity index is 796. The number of carbonyl (C=O) groups is 1. The van der Waals surface area contributed by atoms with Gasteiger partial charge >= 0.3 is 0 Å². The van der Waals surface area contributed by atoms with Gasteiger partial charge in [0.2, 0.25) is 5.88 Å². The fourth-order valence-corrected chi connectivity index (χ4v) is 3.80. The maximum Gasteiger partial charge on any atom is 0.276 e. The van der Waals surface area contributed by atoms with Crippen molar-refractivity contribution in [1.29, 1.82) is 0 Å². The molecule has 0 aromatic carbocycles. The number of carbonyl (C=O) groups excluding carboxylic acids is 1. The first-order valence-corrected chi connectivity index (χ1v) is 9.18. The van der Waals surface area contributed by atoms with Crippen LogP contribution < -0.4 is 4.74 Å². The van der Waals surface area contributed by atoms with Gasteiger partial charge in [-0.3, -0.25) is 4.79 Å². The third-order valence-electron chi connectivity index (χ3n) is 5.35. The summed E-state index contributed by atoms with van der Waals surface area (Å²) in [5.74, 6) is 1.85. The molecule has 5 rings (SSSR count). The average molecular weight is 355 g/mol. The summed E-state index contributed by atoms with van der Waals surface area (Å²) in [6.07, 6.45) is 5.63. The summed E-state index contributed by atoms with van der Waals surface area (Å²) >= 11 is 0. The first-order valence-electron chi connectivity index (χ1n) is 9.18. The van der Waals surface area contributed by atoms with Crippen LogP contribution in [0.5, 0.6) is 5.88 Å². The lowest BCUT2D eigenvalue weighted by molar-refractivity contribution is -0.174. The average Bonchev–Trinajstić information content (AvgIpc) is 3.37. The zero-order chi connectivity index (χ0) is 17.6. The predicted octanol–water partition coefficient (Wildman–Crippen LogP) is 2.40. The van der Waals surface area contributed by atoms with Crippen LogP contribution in [0.1, 0.15) is 47.8 Å². The van der Waals surface area contributed by atoms with Crippen molar-refractivity contribution in [2.24, 2.45) is 0 Å². The second-order valence-electron chi connectivity index (χ2n) is 7.48. The molecule has 26 heavy (non-hydrogen) atoms. The summed E-state index contributed by atoms with van der Waals surface area (Å²) in [6, 6.07) is 7.43. The minimum absolute atomic E-state index is 0.0596. The number of ether oxygens (including phenoxy) is 2. The molecule has 0 bridgehead atoms. The quantitative estimate of drug-likeness (QED) is 0.838. The molecule has 7 nitrogen and oxygen atoms in total. The zero-order valence-electron chi connectivity index (χ0n) is 14.5. The molecule has 1 spiro atoms. The monoisotopic (exact) mass is 355 g/mol. The van der Waals surface area contributed by atoms with Gasteiger partial charge in [0, 0.05) is 37.1 Å². The van der Waals surface area contributed by atoms with Gasteiger partial charge < -0.3 is 18.9 Å². The normalized spacial score (nSPS) is 24.3. The highest BCUT2D eigenvalue weighted by Gasteiger charge is 2.50. The summed E-state index contributed by atoms with van der Waals surface area (Å²) in [5.41, 5.74) is 0.0926. The first-order chi connectivity index (χ1) is 12.7. The number of likely N-dealkylation sites (tertiary alicyclic amines) is 1. The van der Waals surface area contributed by atoms with E-state index < -0.39 is 0 Å². The van der Waals surface area contributed by atoms with E-state index in [2.05, 4.69) is 10.1 Å². The lowest BCUT2D eigenvalue weighted by Gasteiger charge is -2.52. The van der Waals surface area contributed by atoms with E-state index in [-0.39, 0.29) is 17.6 Å². The van der Waals surface area contributed by atoms with Crippen molar-refractivity contribution in [2.45, 2.75) is 43.3 Å². The highest BCUT2D eigenvalue weighted by atomic mass is 16.5. The molecular formula is C19H21N3O4. The van der Waals surface area contributed by atoms with E-state index in [9.17, 15) is 4.79 Å². The van der Waals surface area contributed by atoms with Gasteiger partial charge in [-0.15, -0.1) is 0 Å². The van der Waals surface area contributed by atoms with Gasteiger partial charge in [-0.05, 0) is 18.9 Å². The van der Waals surface area contributed by atoms with Crippen molar-refractivity contribution in [3.63, 3.8) is 0 Å². The van der Waals surface area contributed by atoms with Crippen LogP contribution >= 0.6 is 0 Å². The third-order valence-corrected chi connectivity index (χ3v) is 5.35. The molecule has 3 fully saturated rings. The lowest BCUT2D eigenvalue weighted by Crippen LogP contribution is -2.67. The van der Waals surface area contributed by atoms with E-state index in [0.717, 1.165) is 31.4 Å². The number of rotatable bonds is 4. The summed E-state index contributed by atoms with van der Waals surface area (Å²) < 4.78 is 17.3. The minimum atomic E-state index is -0.309. The molecule has 1 saturated carbocycles. The number of hydrogen-bond acceptors (Lipinski definition) is 6. The van der Waals surface area contributed by atoms with Crippen LogP contribution in [0.4, 0.5) is 0 Å². The van der Waals surface area contributed by atoms with Gasteiger partial charge in [-0.1, -0.05) is 11.2 Å². The van der Waals surface area contributed by atoms with Crippen LogP contribution in [-0.4, -0.2) is 52.3 Å². The molecule has 7 heteroatoms. The van der Waals surface area contributed by atoms with E-state index in [0.29, 0.717) is 37.2 Å². The number of aromatic nitrogens is 2. The Labute approximate surface area is 151 Å². The van der Waals surface area contributed by atoms with Crippen molar-refractivity contribution in [2.75, 3.05) is 19.7 Å². The van der Waals surface area contributed by atoms with E-state index in [4.69, 9.17) is 14.0 Å². The maximum atomic E-state index is 12.6. The lowest BCUT2D eigenvalue weighted by atomic mass is 9.84. The smallest absolute Gasteiger partial charge is 0.276 e. The summed E-state index contributed by atoms with van der Waals surface area (Å²) in [5, 5.41) is 3.94. The van der Waals surface area contributed by atoms with Crippen molar-refractivity contribution >= 4 is 5.91 Å². The molecule has 3 aliphatic rings. The van der Waals surface area contributed by atoms with Crippen molar-refractivity contribution in [3.05, 3.63) is 41.9 Å². The summed E-state index contributed by atoms with van der Waals surface area (Å²) in [4.78, 5) is 18.6. The Kier molecular flexibility index (Phi) is 3.70. The fourth-order valence-electron chi connectivity index (χ4n) is 3.80. The highest BCUT2D eigenvalue weighted by Crippen LogP contribution is 2.41. The Balaban J connectivity index is 1.19. The minimum Gasteiger partial charge on any atom is -0.474 e. The van der Waals surface area contributed by atoms with Crippen molar-refractivity contribution < 1.29 is 18.8 Å². The molecule has 2 saturated heterocycles. The number of amides is 1. The Hall–Kier alpha value is -2.41. The largest absolute Gasteiger partial charge is 0.474 e. The Morgan fingerprint density at radius 3 is 2.92 bits per heavy atom. The molecule has 0 radical (unpaired) electrons. The number of nitrogens with zero attached hydrogens (tertiary/aromatic N) is 3. The van der Waals surface area contributed by atoms with Crippen LogP contribution in [0.2, 0.25) is 0 Å². The summed E-state index contributed by atoms with van der Waals surface area (Å²) in [7, 11) is 0. The maximum absolute atomic E-state index is 12.6. The van der Waals surface area contributed by atoms with Crippen LogP contribution in [0.3, 0.4) is 0 Å². The van der Waals surface area contributed by atoms with Crippen molar-refractivity contribution in [1.82, 2.24) is 15.0 Å². The van der Waals surface area contributed by atoms with Crippen LogP contribution in [0.25, 0.3) is 0 Å². The van der Waals surface area contributed by atoms with E-state index >= 15 is 0 Å². The molecular weight excluding hydrogens is 334 g/mol. The molecule has 2 aromatic rings. The SMILES string of the molecule is O=C(c1cc(C2CC2)on1)N1CC2(CC(Oc3ccccn3)CCO2)C1. The Morgan fingerprint density at radius 1 is 1.27 bits per heavy atom. The van der Waals surface area contributed by atoms with Gasteiger partial charge in [-0.2, -0.15) is 0 Å². The highest BCUT2D eigenvalue weighted by molar-refractivity contribution is 5.93. The van der Waals surface area contributed by atoms with E-state index in [1.807, 2.05) is 18.2 Å². The molecule has 2 aromatic heterocycles. The first kappa shape index (κ1) is 15.8. The second-order valence-corrected chi connectivity index (χ2v) is 7.48. The van der Waals surface area contributed by atoms with Gasteiger partial charge in [0.15, 0.2) is 5.69 Å². The predicted molar refractivity (Wildman–Crippen MR) is 91.0 cm³/mol. The summed E-state index contributed by atoms with van der Waals surface area (Å²) in [6.45, 7) is 1.77. The molecule has 1 aliphatic carbocycles. The van der Waals surface area contributed by atoms with Gasteiger partial charge in [0.1, 0.15) is 17.5 Å². The van der Waals surface area contributed by atoms with Gasteiger partial charge in [0.25, 0.3) is 5.91 Å². The van der Waals surface area contributed by atoms with E-state index in [1.54, 1.807) is 17.2 Å². The van der Waals surface area contributed by atoms with Crippen LogP contribution in [-0.2, 0) is 4.74 Å². The molecule has 0 N–H and O–H groups in total. The molecule has 136 valence electrons. The standard InChI is InChI=1S/C19H21N3O4/c23-18(15-9-16(26-21-15)13-4-5-13)22-11-19(12-22)10-14(6-8-24-19)25-17-3-1-2-7-20-17/h1-3,7,9,13-14H,4-6,8,10-12H2. The third kappa shape index (κ3) is 2.96. The number of pyridine rings is 1. The van der Waals surface area contributed by atoms with Gasteiger partial charge in [0.05, 0.1) is 19.7 Å². The molecule has 1 amide bonds. The van der Waals surface area contributed by atoms with Crippen LogP contribution in [0.15, 0.2) is 35.0 Å². The molecule has 1 atom stereocenters. The Morgan fingerprint density at radius 2 is 2.15 bits per heavy atom. The van der Waals surface area contributed by atoms with Gasteiger partial charge in [-0.25, -0.2) is 4.98 Å². The fraction of sp³-hybridized carbons (Fsp3) is 0.526. The van der Waals surface area contributed by atoms with Crippen LogP contribution in [0, 0.1) is 0 Å². The molecule has 4 heterocycles. The molecule has 1 unspecified atom stereocenters. The van der Waals surface area contributed by atoms with E-state index in [1.165, 1.54) is 0 Å². The zero-order valence-corrected chi connectivity index (χ0v) is 14.5. The second kappa shape index (κ2) is 6.09.